The zero-order valence-corrected chi connectivity index (χ0v) is 15.2. The van der Waals surface area contributed by atoms with Gasteiger partial charge in [-0.2, -0.15) is 11.3 Å². The Labute approximate surface area is 154 Å². The first-order valence-electron chi connectivity index (χ1n) is 8.08. The molecule has 1 saturated heterocycles. The van der Waals surface area contributed by atoms with Gasteiger partial charge in [0, 0.05) is 42.1 Å². The molecule has 1 aromatic carbocycles. The van der Waals surface area contributed by atoms with Crippen LogP contribution in [-0.2, 0) is 11.2 Å². The maximum absolute atomic E-state index is 13.9. The average molecular weight is 381 g/mol. The zero-order chi connectivity index (χ0) is 17.8. The van der Waals surface area contributed by atoms with E-state index >= 15 is 0 Å². The molecule has 7 heteroatoms. The number of amides is 2. The molecule has 0 unspecified atom stereocenters. The minimum Gasteiger partial charge on any atom is -0.341 e. The van der Waals surface area contributed by atoms with Crippen LogP contribution < -0.4 is 0 Å². The summed E-state index contributed by atoms with van der Waals surface area (Å²) in [6, 6.07) is 6.21. The minimum atomic E-state index is -0.468. The highest BCUT2D eigenvalue weighted by molar-refractivity contribution is 7.08. The fraction of sp³-hybridized carbons (Fsp3) is 0.333. The van der Waals surface area contributed by atoms with E-state index in [-0.39, 0.29) is 28.8 Å². The normalized spacial score (nSPS) is 15.1. The number of carbonyl (C=O) groups is 2. The van der Waals surface area contributed by atoms with Gasteiger partial charge in [0.1, 0.15) is 5.82 Å². The van der Waals surface area contributed by atoms with Gasteiger partial charge in [-0.25, -0.2) is 4.39 Å². The van der Waals surface area contributed by atoms with Crippen molar-refractivity contribution < 1.29 is 14.0 Å². The molecular formula is C18H18ClFN2O2S. The van der Waals surface area contributed by atoms with Crippen LogP contribution in [0.5, 0.6) is 0 Å². The van der Waals surface area contributed by atoms with Gasteiger partial charge in [0.15, 0.2) is 0 Å². The van der Waals surface area contributed by atoms with E-state index in [4.69, 9.17) is 11.6 Å². The van der Waals surface area contributed by atoms with Gasteiger partial charge in [-0.15, -0.1) is 0 Å². The van der Waals surface area contributed by atoms with E-state index in [0.29, 0.717) is 38.2 Å². The number of benzene rings is 1. The highest BCUT2D eigenvalue weighted by Gasteiger charge is 2.24. The zero-order valence-electron chi connectivity index (χ0n) is 13.6. The molecule has 1 aliphatic heterocycles. The molecule has 3 rings (SSSR count). The third kappa shape index (κ3) is 4.19. The van der Waals surface area contributed by atoms with Crippen LogP contribution in [-0.4, -0.2) is 47.8 Å². The van der Waals surface area contributed by atoms with E-state index in [9.17, 15) is 14.0 Å². The third-order valence-electron chi connectivity index (χ3n) is 4.29. The van der Waals surface area contributed by atoms with Crippen molar-refractivity contribution >= 4 is 34.8 Å². The van der Waals surface area contributed by atoms with E-state index in [0.717, 1.165) is 0 Å². The predicted octanol–water partition coefficient (Wildman–Crippen LogP) is 3.46. The second kappa shape index (κ2) is 7.97. The van der Waals surface area contributed by atoms with Gasteiger partial charge >= 0.3 is 0 Å². The number of carbonyl (C=O) groups excluding carboxylic acids is 2. The van der Waals surface area contributed by atoms with E-state index in [1.54, 1.807) is 21.9 Å². The smallest absolute Gasteiger partial charge is 0.254 e. The van der Waals surface area contributed by atoms with Gasteiger partial charge in [-0.3, -0.25) is 9.59 Å². The van der Waals surface area contributed by atoms with Gasteiger partial charge in [0.05, 0.1) is 12.0 Å². The van der Waals surface area contributed by atoms with Crippen molar-refractivity contribution in [3.05, 3.63) is 57.0 Å². The molecule has 0 bridgehead atoms. The average Bonchev–Trinajstić information content (AvgIpc) is 3.02. The van der Waals surface area contributed by atoms with Crippen molar-refractivity contribution in [1.82, 2.24) is 9.80 Å². The number of hydrogen-bond acceptors (Lipinski definition) is 3. The van der Waals surface area contributed by atoms with E-state index in [1.807, 2.05) is 10.8 Å². The van der Waals surface area contributed by atoms with Gasteiger partial charge in [-0.1, -0.05) is 17.7 Å². The number of thiophene rings is 1. The first-order valence-corrected chi connectivity index (χ1v) is 9.40. The molecule has 2 aromatic rings. The van der Waals surface area contributed by atoms with Crippen molar-refractivity contribution in [3.8, 4) is 0 Å². The quantitative estimate of drug-likeness (QED) is 0.818. The summed E-state index contributed by atoms with van der Waals surface area (Å²) in [5, 5.41) is 3.97. The largest absolute Gasteiger partial charge is 0.341 e. The topological polar surface area (TPSA) is 40.6 Å². The van der Waals surface area contributed by atoms with Crippen molar-refractivity contribution in [2.75, 3.05) is 26.2 Å². The van der Waals surface area contributed by atoms with E-state index < -0.39 is 5.82 Å². The summed E-state index contributed by atoms with van der Waals surface area (Å²) >= 11 is 7.49. The lowest BCUT2D eigenvalue weighted by Gasteiger charge is -2.22. The van der Waals surface area contributed by atoms with Crippen LogP contribution in [0.25, 0.3) is 0 Å². The Morgan fingerprint density at radius 3 is 2.60 bits per heavy atom. The lowest BCUT2D eigenvalue weighted by atomic mass is 10.1. The lowest BCUT2D eigenvalue weighted by Crippen LogP contribution is -2.38. The molecular weight excluding hydrogens is 363 g/mol. The molecule has 1 fully saturated rings. The molecule has 1 aliphatic rings. The number of nitrogens with zero attached hydrogens (tertiary/aromatic N) is 2. The summed E-state index contributed by atoms with van der Waals surface area (Å²) in [5.74, 6) is -0.644. The highest BCUT2D eigenvalue weighted by atomic mass is 35.5. The molecule has 0 atom stereocenters. The minimum absolute atomic E-state index is 0.00676. The SMILES string of the molecule is O=C(Cc1c(F)cccc1Cl)N1CCCN(C(=O)c2ccsc2)CC1. The van der Waals surface area contributed by atoms with Crippen LogP contribution in [0.2, 0.25) is 5.02 Å². The lowest BCUT2D eigenvalue weighted by molar-refractivity contribution is -0.130. The molecule has 2 heterocycles. The molecule has 0 radical (unpaired) electrons. The van der Waals surface area contributed by atoms with Gasteiger partial charge < -0.3 is 9.80 Å². The van der Waals surface area contributed by atoms with Gasteiger partial charge in [0.25, 0.3) is 5.91 Å². The Bertz CT molecular complexity index is 746. The standard InChI is InChI=1S/C18H18ClFN2O2S/c19-15-3-1-4-16(20)14(15)11-17(23)21-6-2-7-22(9-8-21)18(24)13-5-10-25-12-13/h1,3-5,10,12H,2,6-9,11H2. The maximum atomic E-state index is 13.9. The second-order valence-electron chi connectivity index (χ2n) is 5.92. The van der Waals surface area contributed by atoms with Crippen molar-refractivity contribution in [2.24, 2.45) is 0 Å². The summed E-state index contributed by atoms with van der Waals surface area (Å²) in [7, 11) is 0. The van der Waals surface area contributed by atoms with Crippen LogP contribution in [0.15, 0.2) is 35.0 Å². The summed E-state index contributed by atoms with van der Waals surface area (Å²) in [5.41, 5.74) is 0.910. The molecule has 25 heavy (non-hydrogen) atoms. The van der Waals surface area contributed by atoms with Crippen LogP contribution in [0, 0.1) is 5.82 Å². The van der Waals surface area contributed by atoms with Crippen LogP contribution in [0.1, 0.15) is 22.3 Å². The second-order valence-corrected chi connectivity index (χ2v) is 7.10. The Morgan fingerprint density at radius 2 is 1.88 bits per heavy atom. The Balaban J connectivity index is 1.63. The Morgan fingerprint density at radius 1 is 1.12 bits per heavy atom. The van der Waals surface area contributed by atoms with Crippen LogP contribution >= 0.6 is 22.9 Å². The monoisotopic (exact) mass is 380 g/mol. The number of rotatable bonds is 3. The Hall–Kier alpha value is -1.92. The van der Waals surface area contributed by atoms with Gasteiger partial charge in [-0.05, 0) is 30.0 Å². The maximum Gasteiger partial charge on any atom is 0.254 e. The Kier molecular flexibility index (Phi) is 5.71. The highest BCUT2D eigenvalue weighted by Crippen LogP contribution is 2.20. The van der Waals surface area contributed by atoms with Crippen LogP contribution in [0.3, 0.4) is 0 Å². The molecule has 0 N–H and O–H groups in total. The number of hydrogen-bond donors (Lipinski definition) is 0. The van der Waals surface area contributed by atoms with Gasteiger partial charge in [0.2, 0.25) is 5.91 Å². The summed E-state index contributed by atoms with van der Waals surface area (Å²) < 4.78 is 13.9. The fourth-order valence-electron chi connectivity index (χ4n) is 2.90. The third-order valence-corrected chi connectivity index (χ3v) is 5.33. The molecule has 0 saturated carbocycles. The molecule has 4 nitrogen and oxygen atoms in total. The molecule has 1 aromatic heterocycles. The molecule has 132 valence electrons. The predicted molar refractivity (Wildman–Crippen MR) is 96.5 cm³/mol. The van der Waals surface area contributed by atoms with Crippen molar-refractivity contribution in [3.63, 3.8) is 0 Å². The fourth-order valence-corrected chi connectivity index (χ4v) is 3.76. The van der Waals surface area contributed by atoms with E-state index in [1.165, 1.54) is 23.5 Å². The molecule has 2 amide bonds. The molecule has 0 spiro atoms. The van der Waals surface area contributed by atoms with Crippen molar-refractivity contribution in [1.29, 1.82) is 0 Å². The molecule has 0 aliphatic carbocycles. The van der Waals surface area contributed by atoms with Crippen LogP contribution in [0.4, 0.5) is 4.39 Å². The first kappa shape index (κ1) is 17.9. The van der Waals surface area contributed by atoms with E-state index in [2.05, 4.69) is 0 Å². The first-order chi connectivity index (χ1) is 12.1. The summed E-state index contributed by atoms with van der Waals surface area (Å²) in [6.07, 6.45) is 0.636. The summed E-state index contributed by atoms with van der Waals surface area (Å²) in [6.45, 7) is 2.09. The van der Waals surface area contributed by atoms with Crippen molar-refractivity contribution in [2.45, 2.75) is 12.8 Å². The summed E-state index contributed by atoms with van der Waals surface area (Å²) in [4.78, 5) is 28.4. The number of halogens is 2.